The van der Waals surface area contributed by atoms with Crippen LogP contribution in [0.3, 0.4) is 0 Å². The Morgan fingerprint density at radius 2 is 1.79 bits per heavy atom. The molecule has 106 valence electrons. The van der Waals surface area contributed by atoms with Crippen LogP contribution in [-0.2, 0) is 0 Å². The molecule has 0 unspecified atom stereocenters. The van der Waals surface area contributed by atoms with E-state index in [-0.39, 0.29) is 0 Å². The van der Waals surface area contributed by atoms with Crippen molar-refractivity contribution >= 4 is 0 Å². The molecular weight excluding hydrogens is 238 g/mol. The average molecular weight is 263 g/mol. The number of hydrogen-bond acceptors (Lipinski definition) is 3. The fourth-order valence-electron chi connectivity index (χ4n) is 2.78. The van der Waals surface area contributed by atoms with E-state index in [4.69, 9.17) is 4.74 Å². The van der Waals surface area contributed by atoms with Gasteiger partial charge in [-0.1, -0.05) is 24.6 Å². The fraction of sp³-hybridized carbons (Fsp3) is 0.625. The van der Waals surface area contributed by atoms with Crippen molar-refractivity contribution in [1.82, 2.24) is 5.32 Å². The molecule has 1 aliphatic carbocycles. The van der Waals surface area contributed by atoms with Crippen LogP contribution in [0.25, 0.3) is 0 Å². The third-order valence-electron chi connectivity index (χ3n) is 3.89. The van der Waals surface area contributed by atoms with Crippen LogP contribution in [0.15, 0.2) is 18.2 Å². The standard InChI is InChI=1S/C16H25NO2/c1-13-7-6-8-14(2)15(13)19-12-11-17-16(18)9-4-3-5-10-16/h6-8,17-18H,3-5,9-12H2,1-2H3. The fourth-order valence-corrected chi connectivity index (χ4v) is 2.78. The SMILES string of the molecule is Cc1cccc(C)c1OCCNC1(O)CCCCC1. The molecule has 1 aromatic rings. The highest BCUT2D eigenvalue weighted by atomic mass is 16.5. The van der Waals surface area contributed by atoms with Gasteiger partial charge in [-0.3, -0.25) is 5.32 Å². The molecule has 1 fully saturated rings. The summed E-state index contributed by atoms with van der Waals surface area (Å²) < 4.78 is 5.83. The lowest BCUT2D eigenvalue weighted by Gasteiger charge is -2.33. The van der Waals surface area contributed by atoms with Crippen LogP contribution in [0, 0.1) is 13.8 Å². The van der Waals surface area contributed by atoms with Crippen molar-refractivity contribution in [2.45, 2.75) is 51.7 Å². The zero-order valence-electron chi connectivity index (χ0n) is 12.0. The summed E-state index contributed by atoms with van der Waals surface area (Å²) in [5.74, 6) is 0.972. The molecule has 3 nitrogen and oxygen atoms in total. The van der Waals surface area contributed by atoms with Gasteiger partial charge in [-0.05, 0) is 50.7 Å². The van der Waals surface area contributed by atoms with Crippen LogP contribution < -0.4 is 10.1 Å². The van der Waals surface area contributed by atoms with Crippen molar-refractivity contribution in [3.63, 3.8) is 0 Å². The van der Waals surface area contributed by atoms with Crippen molar-refractivity contribution in [3.8, 4) is 5.75 Å². The second kappa shape index (κ2) is 6.40. The normalized spacial score (nSPS) is 18.3. The second-order valence-corrected chi connectivity index (χ2v) is 5.59. The van der Waals surface area contributed by atoms with Crippen LogP contribution in [0.2, 0.25) is 0 Å². The van der Waals surface area contributed by atoms with Gasteiger partial charge in [-0.2, -0.15) is 0 Å². The Labute approximate surface area is 116 Å². The van der Waals surface area contributed by atoms with Crippen LogP contribution in [0.1, 0.15) is 43.2 Å². The average Bonchev–Trinajstić information content (AvgIpc) is 2.38. The number of para-hydroxylation sites is 1. The van der Waals surface area contributed by atoms with E-state index >= 15 is 0 Å². The number of ether oxygens (including phenoxy) is 1. The minimum absolute atomic E-state index is 0.591. The lowest BCUT2D eigenvalue weighted by atomic mass is 9.92. The number of aliphatic hydroxyl groups is 1. The van der Waals surface area contributed by atoms with Gasteiger partial charge in [0.25, 0.3) is 0 Å². The minimum atomic E-state index is -0.664. The molecule has 0 amide bonds. The second-order valence-electron chi connectivity index (χ2n) is 5.59. The van der Waals surface area contributed by atoms with Gasteiger partial charge in [0, 0.05) is 6.54 Å². The molecule has 0 atom stereocenters. The van der Waals surface area contributed by atoms with Gasteiger partial charge < -0.3 is 9.84 Å². The lowest BCUT2D eigenvalue weighted by molar-refractivity contribution is -0.0296. The largest absolute Gasteiger partial charge is 0.492 e. The number of aryl methyl sites for hydroxylation is 2. The summed E-state index contributed by atoms with van der Waals surface area (Å²) >= 11 is 0. The van der Waals surface area contributed by atoms with E-state index in [0.29, 0.717) is 13.2 Å². The van der Waals surface area contributed by atoms with E-state index in [0.717, 1.165) is 42.6 Å². The minimum Gasteiger partial charge on any atom is -0.492 e. The maximum atomic E-state index is 10.3. The van der Waals surface area contributed by atoms with E-state index in [1.165, 1.54) is 6.42 Å². The van der Waals surface area contributed by atoms with Gasteiger partial charge in [0.15, 0.2) is 0 Å². The van der Waals surface area contributed by atoms with E-state index in [1.54, 1.807) is 0 Å². The molecule has 2 N–H and O–H groups in total. The van der Waals surface area contributed by atoms with E-state index in [2.05, 4.69) is 31.3 Å². The van der Waals surface area contributed by atoms with Gasteiger partial charge in [-0.15, -0.1) is 0 Å². The molecule has 0 spiro atoms. The van der Waals surface area contributed by atoms with Crippen LogP contribution >= 0.6 is 0 Å². The zero-order chi connectivity index (χ0) is 13.7. The molecule has 3 heteroatoms. The Morgan fingerprint density at radius 3 is 2.42 bits per heavy atom. The molecule has 0 heterocycles. The summed E-state index contributed by atoms with van der Waals surface area (Å²) in [6, 6.07) is 6.16. The zero-order valence-corrected chi connectivity index (χ0v) is 12.0. The van der Waals surface area contributed by atoms with E-state index in [9.17, 15) is 5.11 Å². The first-order valence-corrected chi connectivity index (χ1v) is 7.27. The first-order chi connectivity index (χ1) is 9.11. The molecule has 2 rings (SSSR count). The monoisotopic (exact) mass is 263 g/mol. The highest BCUT2D eigenvalue weighted by molar-refractivity contribution is 5.39. The van der Waals surface area contributed by atoms with Crippen molar-refractivity contribution in [3.05, 3.63) is 29.3 Å². The van der Waals surface area contributed by atoms with E-state index in [1.807, 2.05) is 6.07 Å². The lowest BCUT2D eigenvalue weighted by Crippen LogP contribution is -2.48. The third kappa shape index (κ3) is 3.95. The predicted octanol–water partition coefficient (Wildman–Crippen LogP) is 2.92. The number of benzene rings is 1. The molecule has 0 radical (unpaired) electrons. The molecule has 1 saturated carbocycles. The summed E-state index contributed by atoms with van der Waals surface area (Å²) in [6.45, 7) is 5.40. The number of nitrogens with one attached hydrogen (secondary N) is 1. The summed E-state index contributed by atoms with van der Waals surface area (Å²) in [5.41, 5.74) is 1.66. The van der Waals surface area contributed by atoms with Gasteiger partial charge in [0.05, 0.1) is 0 Å². The first kappa shape index (κ1) is 14.4. The van der Waals surface area contributed by atoms with Gasteiger partial charge in [-0.25, -0.2) is 0 Å². The molecule has 0 bridgehead atoms. The van der Waals surface area contributed by atoms with Crippen LogP contribution in [0.4, 0.5) is 0 Å². The van der Waals surface area contributed by atoms with Crippen molar-refractivity contribution in [2.24, 2.45) is 0 Å². The summed E-state index contributed by atoms with van der Waals surface area (Å²) in [4.78, 5) is 0. The van der Waals surface area contributed by atoms with Crippen molar-refractivity contribution < 1.29 is 9.84 Å². The molecule has 1 aromatic carbocycles. The Balaban J connectivity index is 1.77. The Bertz CT molecular complexity index is 391. The molecule has 0 aliphatic heterocycles. The molecule has 19 heavy (non-hydrogen) atoms. The predicted molar refractivity (Wildman–Crippen MR) is 77.4 cm³/mol. The highest BCUT2D eigenvalue weighted by Crippen LogP contribution is 2.25. The molecule has 0 saturated heterocycles. The van der Waals surface area contributed by atoms with Gasteiger partial charge in [0.2, 0.25) is 0 Å². The maximum absolute atomic E-state index is 10.3. The Morgan fingerprint density at radius 1 is 1.16 bits per heavy atom. The van der Waals surface area contributed by atoms with Crippen molar-refractivity contribution in [1.29, 1.82) is 0 Å². The highest BCUT2D eigenvalue weighted by Gasteiger charge is 2.27. The van der Waals surface area contributed by atoms with Gasteiger partial charge in [0.1, 0.15) is 18.1 Å². The maximum Gasteiger partial charge on any atom is 0.125 e. The number of hydrogen-bond donors (Lipinski definition) is 2. The topological polar surface area (TPSA) is 41.5 Å². The summed E-state index contributed by atoms with van der Waals surface area (Å²) in [5, 5.41) is 13.5. The van der Waals surface area contributed by atoms with Crippen molar-refractivity contribution in [2.75, 3.05) is 13.2 Å². The van der Waals surface area contributed by atoms with E-state index < -0.39 is 5.72 Å². The number of rotatable bonds is 5. The summed E-state index contributed by atoms with van der Waals surface area (Å²) in [6.07, 6.45) is 5.18. The van der Waals surface area contributed by atoms with Crippen LogP contribution in [0.5, 0.6) is 5.75 Å². The molecular formula is C16H25NO2. The smallest absolute Gasteiger partial charge is 0.125 e. The molecule has 0 aromatic heterocycles. The van der Waals surface area contributed by atoms with Crippen LogP contribution in [-0.4, -0.2) is 24.0 Å². The third-order valence-corrected chi connectivity index (χ3v) is 3.89. The summed E-state index contributed by atoms with van der Waals surface area (Å²) in [7, 11) is 0. The quantitative estimate of drug-likeness (QED) is 0.634. The van der Waals surface area contributed by atoms with Gasteiger partial charge >= 0.3 is 0 Å². The Kier molecular flexibility index (Phi) is 4.83. The molecule has 1 aliphatic rings. The Hall–Kier alpha value is -1.06. The first-order valence-electron chi connectivity index (χ1n) is 7.27.